The van der Waals surface area contributed by atoms with E-state index < -0.39 is 0 Å². The fraction of sp³-hybridized carbons (Fsp3) is 0.583. The lowest BCUT2D eigenvalue weighted by Crippen LogP contribution is -2.38. The first-order valence-corrected chi connectivity index (χ1v) is 6.85. The molecule has 94 valence electrons. The highest BCUT2D eigenvalue weighted by Gasteiger charge is 2.31. The van der Waals surface area contributed by atoms with E-state index in [9.17, 15) is 4.79 Å². The molecule has 1 aromatic heterocycles. The monoisotopic (exact) mass is 272 g/mol. The summed E-state index contributed by atoms with van der Waals surface area (Å²) in [5.74, 6) is 0.204. The molecule has 2 aliphatic heterocycles. The summed E-state index contributed by atoms with van der Waals surface area (Å²) in [5, 5.41) is 7.50. The van der Waals surface area contributed by atoms with Crippen LogP contribution in [-0.4, -0.2) is 36.0 Å². The average Bonchev–Trinajstić information content (AvgIpc) is 2.87. The topological polar surface area (TPSA) is 32.3 Å². The predicted molar refractivity (Wildman–Crippen MR) is 72.0 cm³/mol. The summed E-state index contributed by atoms with van der Waals surface area (Å²) in [5.41, 5.74) is 0.850. The van der Waals surface area contributed by atoms with E-state index in [4.69, 9.17) is 0 Å². The van der Waals surface area contributed by atoms with Crippen LogP contribution in [0.1, 0.15) is 29.6 Å². The molecule has 1 N–H and O–H groups in total. The van der Waals surface area contributed by atoms with Crippen molar-refractivity contribution in [1.29, 1.82) is 0 Å². The predicted octanol–water partition coefficient (Wildman–Crippen LogP) is 2.14. The molecule has 1 amide bonds. The number of carbonyl (C=O) groups excluding carboxylic acids is 1. The number of amides is 1. The number of nitrogens with zero attached hydrogens (tertiary/aromatic N) is 1. The second-order valence-corrected chi connectivity index (χ2v) is 5.47. The second-order valence-electron chi connectivity index (χ2n) is 4.69. The van der Waals surface area contributed by atoms with Crippen LogP contribution in [0.4, 0.5) is 0 Å². The number of rotatable bonds is 1. The Bertz CT molecular complexity index is 382. The van der Waals surface area contributed by atoms with Crippen molar-refractivity contribution in [1.82, 2.24) is 10.2 Å². The Morgan fingerprint density at radius 2 is 2.18 bits per heavy atom. The number of carbonyl (C=O) groups is 1. The van der Waals surface area contributed by atoms with Crippen LogP contribution in [0.25, 0.3) is 0 Å². The van der Waals surface area contributed by atoms with Crippen molar-refractivity contribution < 1.29 is 4.79 Å². The number of hydrogen-bond acceptors (Lipinski definition) is 3. The zero-order valence-electron chi connectivity index (χ0n) is 9.59. The zero-order valence-corrected chi connectivity index (χ0v) is 11.2. The van der Waals surface area contributed by atoms with Crippen molar-refractivity contribution in [3.63, 3.8) is 0 Å². The van der Waals surface area contributed by atoms with Crippen LogP contribution in [0, 0.1) is 0 Å². The molecule has 5 heteroatoms. The first kappa shape index (κ1) is 12.9. The Balaban J connectivity index is 0.00000108. The van der Waals surface area contributed by atoms with Crippen molar-refractivity contribution in [2.24, 2.45) is 0 Å². The molecular formula is C12H17ClN2OS. The Labute approximate surface area is 112 Å². The number of likely N-dealkylation sites (tertiary alicyclic amines) is 1. The highest BCUT2D eigenvalue weighted by molar-refractivity contribution is 7.08. The zero-order chi connectivity index (χ0) is 11.0. The lowest BCUT2D eigenvalue weighted by molar-refractivity contribution is 0.0748. The van der Waals surface area contributed by atoms with Gasteiger partial charge in [0.25, 0.3) is 5.91 Å². The van der Waals surface area contributed by atoms with E-state index >= 15 is 0 Å². The molecule has 0 radical (unpaired) electrons. The van der Waals surface area contributed by atoms with Crippen LogP contribution in [0.3, 0.4) is 0 Å². The lowest BCUT2D eigenvalue weighted by Gasteiger charge is -2.23. The molecule has 0 aromatic carbocycles. The molecule has 3 rings (SSSR count). The summed E-state index contributed by atoms with van der Waals surface area (Å²) in [4.78, 5) is 14.2. The third-order valence-electron chi connectivity index (χ3n) is 3.58. The minimum Gasteiger partial charge on any atom is -0.337 e. The SMILES string of the molecule is Cl.O=C(c1ccsc1)N1CCC2CCC(C1)N2. The maximum absolute atomic E-state index is 12.2. The van der Waals surface area contributed by atoms with E-state index in [0.29, 0.717) is 12.1 Å². The van der Waals surface area contributed by atoms with Crippen molar-refractivity contribution in [3.05, 3.63) is 22.4 Å². The van der Waals surface area contributed by atoms with Gasteiger partial charge in [0.1, 0.15) is 0 Å². The third kappa shape index (κ3) is 2.64. The van der Waals surface area contributed by atoms with Gasteiger partial charge in [-0.05, 0) is 30.7 Å². The van der Waals surface area contributed by atoms with E-state index in [-0.39, 0.29) is 18.3 Å². The maximum atomic E-state index is 12.2. The molecular weight excluding hydrogens is 256 g/mol. The molecule has 17 heavy (non-hydrogen) atoms. The number of hydrogen-bond donors (Lipinski definition) is 1. The third-order valence-corrected chi connectivity index (χ3v) is 4.26. The van der Waals surface area contributed by atoms with Gasteiger partial charge in [0.15, 0.2) is 0 Å². The van der Waals surface area contributed by atoms with Crippen molar-refractivity contribution in [3.8, 4) is 0 Å². The van der Waals surface area contributed by atoms with E-state index in [2.05, 4.69) is 5.32 Å². The van der Waals surface area contributed by atoms with Crippen LogP contribution in [0.5, 0.6) is 0 Å². The molecule has 1 aromatic rings. The molecule has 3 heterocycles. The van der Waals surface area contributed by atoms with Gasteiger partial charge in [-0.1, -0.05) is 0 Å². The van der Waals surface area contributed by atoms with Crippen LogP contribution < -0.4 is 5.32 Å². The van der Waals surface area contributed by atoms with Crippen molar-refractivity contribution in [2.75, 3.05) is 13.1 Å². The van der Waals surface area contributed by atoms with Gasteiger partial charge in [-0.15, -0.1) is 12.4 Å². The highest BCUT2D eigenvalue weighted by Crippen LogP contribution is 2.21. The fourth-order valence-electron chi connectivity index (χ4n) is 2.70. The Hall–Kier alpha value is -0.580. The van der Waals surface area contributed by atoms with Gasteiger partial charge in [-0.25, -0.2) is 0 Å². The standard InChI is InChI=1S/C12H16N2OS.ClH/c15-12(9-4-6-16-8-9)14-5-3-10-1-2-11(7-14)13-10;/h4,6,8,10-11,13H,1-3,5,7H2;1H. The normalized spacial score (nSPS) is 27.4. The highest BCUT2D eigenvalue weighted by atomic mass is 35.5. The molecule has 2 unspecified atom stereocenters. The summed E-state index contributed by atoms with van der Waals surface area (Å²) >= 11 is 1.59. The van der Waals surface area contributed by atoms with Crippen LogP contribution in [0.2, 0.25) is 0 Å². The molecule has 2 saturated heterocycles. The second kappa shape index (κ2) is 5.38. The van der Waals surface area contributed by atoms with Crippen LogP contribution in [0.15, 0.2) is 16.8 Å². The Morgan fingerprint density at radius 1 is 1.35 bits per heavy atom. The van der Waals surface area contributed by atoms with E-state index in [1.807, 2.05) is 21.7 Å². The fourth-order valence-corrected chi connectivity index (χ4v) is 3.33. The Kier molecular flexibility index (Phi) is 4.07. The smallest absolute Gasteiger partial charge is 0.254 e. The number of thiophene rings is 1. The molecule has 2 fully saturated rings. The summed E-state index contributed by atoms with van der Waals surface area (Å²) in [6, 6.07) is 3.09. The van der Waals surface area contributed by atoms with Crippen LogP contribution in [-0.2, 0) is 0 Å². The molecule has 2 atom stereocenters. The molecule has 0 spiro atoms. The summed E-state index contributed by atoms with van der Waals surface area (Å²) in [6.07, 6.45) is 3.61. The van der Waals surface area contributed by atoms with Gasteiger partial charge in [0.2, 0.25) is 0 Å². The number of nitrogens with one attached hydrogen (secondary N) is 1. The molecule has 3 nitrogen and oxygen atoms in total. The summed E-state index contributed by atoms with van der Waals surface area (Å²) in [6.45, 7) is 1.79. The van der Waals surface area contributed by atoms with Crippen LogP contribution >= 0.6 is 23.7 Å². The number of fused-ring (bicyclic) bond motifs is 2. The minimum absolute atomic E-state index is 0. The molecule has 0 aliphatic carbocycles. The van der Waals surface area contributed by atoms with Gasteiger partial charge in [0.05, 0.1) is 5.56 Å². The van der Waals surface area contributed by atoms with E-state index in [0.717, 1.165) is 25.1 Å². The number of halogens is 1. The van der Waals surface area contributed by atoms with Gasteiger partial charge in [-0.2, -0.15) is 11.3 Å². The van der Waals surface area contributed by atoms with Gasteiger partial charge >= 0.3 is 0 Å². The van der Waals surface area contributed by atoms with Crippen molar-refractivity contribution in [2.45, 2.75) is 31.3 Å². The van der Waals surface area contributed by atoms with Crippen molar-refractivity contribution >= 4 is 29.7 Å². The first-order chi connectivity index (χ1) is 7.83. The summed E-state index contributed by atoms with van der Waals surface area (Å²) < 4.78 is 0. The van der Waals surface area contributed by atoms with Gasteiger partial charge < -0.3 is 10.2 Å². The largest absolute Gasteiger partial charge is 0.337 e. The first-order valence-electron chi connectivity index (χ1n) is 5.90. The molecule has 2 bridgehead atoms. The molecule has 0 saturated carbocycles. The van der Waals surface area contributed by atoms with Gasteiger partial charge in [0, 0.05) is 30.6 Å². The minimum atomic E-state index is 0. The van der Waals surface area contributed by atoms with E-state index in [1.165, 1.54) is 12.8 Å². The lowest BCUT2D eigenvalue weighted by atomic mass is 10.1. The Morgan fingerprint density at radius 3 is 2.94 bits per heavy atom. The summed E-state index contributed by atoms with van der Waals surface area (Å²) in [7, 11) is 0. The average molecular weight is 273 g/mol. The van der Waals surface area contributed by atoms with Gasteiger partial charge in [-0.3, -0.25) is 4.79 Å². The maximum Gasteiger partial charge on any atom is 0.254 e. The quantitative estimate of drug-likeness (QED) is 0.850. The molecule has 2 aliphatic rings. The van der Waals surface area contributed by atoms with E-state index in [1.54, 1.807) is 11.3 Å².